The van der Waals surface area contributed by atoms with Crippen LogP contribution in [0.15, 0.2) is 206 Å². The third kappa shape index (κ3) is 11.1. The zero-order valence-electron chi connectivity index (χ0n) is 48.9. The van der Waals surface area contributed by atoms with Gasteiger partial charge in [-0.1, -0.05) is 184 Å². The molecule has 86 heavy (non-hydrogen) atoms. The minimum absolute atomic E-state index is 0.340. The second-order valence-electron chi connectivity index (χ2n) is 21.7. The highest BCUT2D eigenvalue weighted by Crippen LogP contribution is 2.40. The highest BCUT2D eigenvalue weighted by atomic mass is 32.1. The number of hydrogen-bond acceptors (Lipinski definition) is 9. The Balaban J connectivity index is 1.39. The van der Waals surface area contributed by atoms with Crippen molar-refractivity contribution in [3.05, 3.63) is 238 Å². The Bertz CT molecular complexity index is 4220. The van der Waals surface area contributed by atoms with E-state index in [2.05, 4.69) is 164 Å². The van der Waals surface area contributed by atoms with Crippen LogP contribution in [-0.2, 0) is 0 Å². The first kappa shape index (κ1) is 56.9. The third-order valence-electron chi connectivity index (χ3n) is 16.1. The molecule has 2 atom stereocenters. The van der Waals surface area contributed by atoms with Crippen molar-refractivity contribution < 1.29 is 18.9 Å². The maximum absolute atomic E-state index is 12.5. The average Bonchev–Trinajstić information content (AvgIpc) is 1.59. The molecule has 0 N–H and O–H groups in total. The number of aromatic nitrogens is 4. The van der Waals surface area contributed by atoms with Crippen molar-refractivity contribution in [1.29, 1.82) is 5.26 Å². The van der Waals surface area contributed by atoms with Crippen LogP contribution in [0.4, 0.5) is 0 Å². The van der Waals surface area contributed by atoms with Crippen molar-refractivity contribution in [2.24, 2.45) is 11.8 Å². The monoisotopic (exact) mass is 1160 g/mol. The van der Waals surface area contributed by atoms with Gasteiger partial charge in [0.2, 0.25) is 5.70 Å². The zero-order chi connectivity index (χ0) is 59.3. The van der Waals surface area contributed by atoms with Crippen molar-refractivity contribution >= 4 is 101 Å². The SMILES string of the molecule is [C-]#[N+]/C(c1nc2cc(OC)ccc2s1)=c1\c2c(-c3ccc(OCC(C)CC)cc3)n(B(c3ccccc3)c3ccccc3)/c(=C(/C#N)c3nc4cc(OC)ccc4s3)c2c(-c2ccc(OCC(C)CC)cc2)n1B(c1ccccc1)c1ccccc1. The Hall–Kier alpha value is -9.59. The number of hydrogen-bond donors (Lipinski definition) is 0. The van der Waals surface area contributed by atoms with E-state index in [9.17, 15) is 11.8 Å². The van der Waals surface area contributed by atoms with Gasteiger partial charge in [-0.25, -0.2) is 14.8 Å². The molecule has 12 rings (SSSR count). The van der Waals surface area contributed by atoms with E-state index < -0.39 is 13.7 Å². The van der Waals surface area contributed by atoms with E-state index in [1.54, 1.807) is 14.2 Å². The van der Waals surface area contributed by atoms with Gasteiger partial charge < -0.3 is 27.9 Å². The van der Waals surface area contributed by atoms with E-state index in [1.807, 2.05) is 84.9 Å². The molecule has 0 amide bonds. The van der Waals surface area contributed by atoms with E-state index in [1.165, 1.54) is 22.7 Å². The number of nitrogens with zero attached hydrogens (tertiary/aromatic N) is 6. The Labute approximate surface area is 510 Å². The van der Waals surface area contributed by atoms with Gasteiger partial charge in [0.05, 0.1) is 59.8 Å². The Morgan fingerprint density at radius 2 is 0.895 bits per heavy atom. The molecule has 0 saturated carbocycles. The quantitative estimate of drug-likeness (QED) is 0.0553. The Morgan fingerprint density at radius 1 is 0.523 bits per heavy atom. The van der Waals surface area contributed by atoms with E-state index in [0.29, 0.717) is 79.6 Å². The van der Waals surface area contributed by atoms with Gasteiger partial charge >= 0.3 is 13.7 Å². The van der Waals surface area contributed by atoms with Gasteiger partial charge in [0.25, 0.3) is 0 Å². The lowest BCUT2D eigenvalue weighted by Gasteiger charge is -2.24. The number of methoxy groups -OCH3 is 2. The first-order valence-corrected chi connectivity index (χ1v) is 30.8. The Kier molecular flexibility index (Phi) is 16.7. The summed E-state index contributed by atoms with van der Waals surface area (Å²) in [5, 5.41) is 16.3. The van der Waals surface area contributed by atoms with Crippen LogP contribution >= 0.6 is 22.7 Å². The molecule has 0 fully saturated rings. The molecule has 0 radical (unpaired) electrons. The summed E-state index contributed by atoms with van der Waals surface area (Å²) in [6.45, 7) is 18.5. The topological polar surface area (TPSA) is 101 Å². The normalized spacial score (nSPS) is 12.7. The number of nitriles is 1. The van der Waals surface area contributed by atoms with E-state index in [4.69, 9.17) is 33.8 Å². The minimum Gasteiger partial charge on any atom is -0.497 e. The van der Waals surface area contributed by atoms with Gasteiger partial charge in [-0.2, -0.15) is 5.26 Å². The maximum Gasteiger partial charge on any atom is 0.328 e. The lowest BCUT2D eigenvalue weighted by atomic mass is 9.50. The minimum atomic E-state index is -0.551. The molecule has 0 saturated heterocycles. The Morgan fingerprint density at radius 3 is 1.28 bits per heavy atom. The number of benzene rings is 8. The summed E-state index contributed by atoms with van der Waals surface area (Å²) >= 11 is 2.94. The average molecular weight is 1160 g/mol. The lowest BCUT2D eigenvalue weighted by molar-refractivity contribution is 0.256. The molecule has 0 aliphatic heterocycles. The maximum atomic E-state index is 12.5. The molecule has 8 aromatic carbocycles. The summed E-state index contributed by atoms with van der Waals surface area (Å²) in [6, 6.07) is 73.2. The fraction of sp³-hybridized carbons (Fsp3) is 0.167. The van der Waals surface area contributed by atoms with Crippen molar-refractivity contribution in [3.63, 3.8) is 0 Å². The molecule has 10 nitrogen and oxygen atoms in total. The molecule has 0 bridgehead atoms. The molecular weight excluding hydrogens is 1100 g/mol. The summed E-state index contributed by atoms with van der Waals surface area (Å²) in [7, 11) is 3.30. The van der Waals surface area contributed by atoms with Crippen LogP contribution < -0.4 is 51.5 Å². The summed E-state index contributed by atoms with van der Waals surface area (Å²) in [4.78, 5) is 15.4. The van der Waals surface area contributed by atoms with E-state index in [-0.39, 0.29) is 0 Å². The van der Waals surface area contributed by atoms with Crippen LogP contribution in [0.5, 0.6) is 23.0 Å². The smallest absolute Gasteiger partial charge is 0.328 e. The number of thiazole rings is 2. The van der Waals surface area contributed by atoms with Crippen LogP contribution in [0.1, 0.15) is 50.6 Å². The zero-order valence-corrected chi connectivity index (χ0v) is 50.5. The van der Waals surface area contributed by atoms with Crippen molar-refractivity contribution in [3.8, 4) is 51.6 Å². The summed E-state index contributed by atoms with van der Waals surface area (Å²) in [6.07, 6.45) is 1.97. The molecule has 2 unspecified atom stereocenters. The second-order valence-corrected chi connectivity index (χ2v) is 23.7. The van der Waals surface area contributed by atoms with Gasteiger partial charge in [-0.3, -0.25) is 0 Å². The van der Waals surface area contributed by atoms with Crippen LogP contribution in [-0.4, -0.2) is 60.1 Å². The van der Waals surface area contributed by atoms with Crippen molar-refractivity contribution in [2.45, 2.75) is 40.5 Å². The first-order valence-electron chi connectivity index (χ1n) is 29.1. The highest BCUT2D eigenvalue weighted by Gasteiger charge is 2.38. The number of fused-ring (bicyclic) bond motifs is 3. The largest absolute Gasteiger partial charge is 0.497 e. The van der Waals surface area contributed by atoms with E-state index in [0.717, 1.165) is 88.9 Å². The first-order chi connectivity index (χ1) is 42.2. The molecular formula is C72H62B2N6O4S2. The molecule has 0 aliphatic rings. The molecule has 4 aromatic heterocycles. The van der Waals surface area contributed by atoms with Crippen LogP contribution in [0.3, 0.4) is 0 Å². The fourth-order valence-corrected chi connectivity index (χ4v) is 13.2. The second kappa shape index (κ2) is 25.3. The van der Waals surface area contributed by atoms with Gasteiger partial charge in [-0.15, -0.1) is 22.7 Å². The number of rotatable bonds is 20. The van der Waals surface area contributed by atoms with Crippen LogP contribution in [0.2, 0.25) is 0 Å². The predicted molar refractivity (Wildman–Crippen MR) is 356 cm³/mol. The number of ether oxygens (including phenoxy) is 4. The summed E-state index contributed by atoms with van der Waals surface area (Å²) in [5.41, 5.74) is 9.30. The van der Waals surface area contributed by atoms with Crippen molar-refractivity contribution in [2.75, 3.05) is 27.4 Å². The summed E-state index contributed by atoms with van der Waals surface area (Å²) < 4.78 is 31.1. The molecule has 4 heterocycles. The van der Waals surface area contributed by atoms with Crippen LogP contribution in [0.25, 0.3) is 69.8 Å². The lowest BCUT2D eigenvalue weighted by Crippen LogP contribution is -2.54. The van der Waals surface area contributed by atoms with Crippen molar-refractivity contribution in [1.82, 2.24) is 18.9 Å². The molecule has 12 aromatic rings. The standard InChI is InChI=1S/C72H62B2N6O4S2/c1-8-47(3)45-83-55-34-30-49(31-35-55)67-64-65(70(66(76-5)72-78-61-43-58(82-7)39-41-63(61)86-72)80(67)74(53-26-18-12-19-27-53)54-28-20-13-21-29-54)68(50-32-36-56(37-33-50)84-46-48(4)9-2)79(73(51-22-14-10-15-23-51)52-24-16-11-17-25-52)69(64)59(44-75)71-77-60-42-57(81-6)38-40-62(60)85-71/h10-43,47-48H,8-9,45-46H2,1-4,6-7H3/b69-59-,70-66+. The molecule has 0 aliphatic carbocycles. The predicted octanol–water partition coefficient (Wildman–Crippen LogP) is 13.0. The summed E-state index contributed by atoms with van der Waals surface area (Å²) in [5.74, 6) is 3.50. The van der Waals surface area contributed by atoms with Gasteiger partial charge in [0, 0.05) is 39.6 Å². The highest BCUT2D eigenvalue weighted by molar-refractivity contribution is 7.20. The molecule has 422 valence electrons. The van der Waals surface area contributed by atoms with E-state index >= 15 is 0 Å². The van der Waals surface area contributed by atoms with Gasteiger partial charge in [0.15, 0.2) is 0 Å². The fourth-order valence-electron chi connectivity index (χ4n) is 11.3. The van der Waals surface area contributed by atoms with Gasteiger partial charge in [-0.05, 0) is 95.8 Å². The van der Waals surface area contributed by atoms with Gasteiger partial charge in [0.1, 0.15) is 44.7 Å². The third-order valence-corrected chi connectivity index (χ3v) is 18.2. The van der Waals surface area contributed by atoms with Crippen LogP contribution in [0, 0.1) is 29.7 Å². The molecule has 14 heteroatoms. The molecule has 0 spiro atoms.